The summed E-state index contributed by atoms with van der Waals surface area (Å²) in [4.78, 5) is 0. The fourth-order valence-electron chi connectivity index (χ4n) is 2.21. The maximum absolute atomic E-state index is 6.20. The molecule has 0 heterocycles. The van der Waals surface area contributed by atoms with Gasteiger partial charge in [-0.05, 0) is 60.7 Å². The van der Waals surface area contributed by atoms with E-state index < -0.39 is 0 Å². The van der Waals surface area contributed by atoms with Gasteiger partial charge in [0.1, 0.15) is 12.4 Å². The summed E-state index contributed by atoms with van der Waals surface area (Å²) in [6, 6.07) is 13.6. The monoisotopic (exact) mass is 336 g/mol. The van der Waals surface area contributed by atoms with Crippen LogP contribution in [-0.2, 0) is 11.2 Å². The zero-order valence-electron chi connectivity index (χ0n) is 12.2. The molecule has 0 amide bonds. The second-order valence-corrected chi connectivity index (χ2v) is 6.32. The Hall–Kier alpha value is -1.22. The van der Waals surface area contributed by atoms with Crippen molar-refractivity contribution < 1.29 is 9.47 Å². The summed E-state index contributed by atoms with van der Waals surface area (Å²) in [6.45, 7) is 1.25. The fraction of sp³-hybridized carbons (Fsp3) is 0.333. The zero-order chi connectivity index (χ0) is 15.4. The van der Waals surface area contributed by atoms with E-state index in [4.69, 9.17) is 32.7 Å². The quantitative estimate of drug-likeness (QED) is 0.651. The Morgan fingerprint density at radius 3 is 2.45 bits per heavy atom. The number of hydrogen-bond acceptors (Lipinski definition) is 2. The molecule has 2 aromatic carbocycles. The Kier molecular flexibility index (Phi) is 5.24. The molecular formula is C18H18Cl2O2. The topological polar surface area (TPSA) is 18.5 Å². The molecule has 4 heteroatoms. The van der Waals surface area contributed by atoms with Crippen LogP contribution < -0.4 is 4.74 Å². The number of halogens is 2. The molecule has 116 valence electrons. The Bertz CT molecular complexity index is 621. The number of ether oxygens (including phenoxy) is 2. The molecule has 2 nitrogen and oxygen atoms in total. The van der Waals surface area contributed by atoms with Crippen LogP contribution in [0.2, 0.25) is 10.0 Å². The van der Waals surface area contributed by atoms with E-state index in [1.807, 2.05) is 36.4 Å². The van der Waals surface area contributed by atoms with Crippen LogP contribution in [-0.4, -0.2) is 19.3 Å². The summed E-state index contributed by atoms with van der Waals surface area (Å²) >= 11 is 12.2. The van der Waals surface area contributed by atoms with Crippen LogP contribution >= 0.6 is 23.2 Å². The van der Waals surface area contributed by atoms with Crippen LogP contribution in [0, 0.1) is 0 Å². The highest BCUT2D eigenvalue weighted by Crippen LogP contribution is 2.25. The summed E-state index contributed by atoms with van der Waals surface area (Å²) in [5, 5.41) is 1.44. The first-order valence-electron chi connectivity index (χ1n) is 7.48. The van der Waals surface area contributed by atoms with Gasteiger partial charge >= 0.3 is 0 Å². The predicted molar refractivity (Wildman–Crippen MR) is 90.2 cm³/mol. The molecular weight excluding hydrogens is 319 g/mol. The average molecular weight is 337 g/mol. The largest absolute Gasteiger partial charge is 0.491 e. The fourth-order valence-corrected chi connectivity index (χ4v) is 2.59. The molecule has 0 unspecified atom stereocenters. The van der Waals surface area contributed by atoms with Crippen molar-refractivity contribution in [3.8, 4) is 5.75 Å². The van der Waals surface area contributed by atoms with E-state index >= 15 is 0 Å². The lowest BCUT2D eigenvalue weighted by Gasteiger charge is -2.08. The lowest BCUT2D eigenvalue weighted by atomic mass is 10.0. The van der Waals surface area contributed by atoms with Crippen LogP contribution in [0.1, 0.15) is 24.0 Å². The highest BCUT2D eigenvalue weighted by Gasteiger charge is 2.21. The molecule has 0 saturated heterocycles. The summed E-state index contributed by atoms with van der Waals surface area (Å²) in [5.41, 5.74) is 2.20. The average Bonchev–Trinajstić information content (AvgIpc) is 3.33. The van der Waals surface area contributed by atoms with Crippen LogP contribution in [0.15, 0.2) is 42.5 Å². The first-order valence-corrected chi connectivity index (χ1v) is 8.23. The standard InChI is InChI=1S/C18H18Cl2O2/c19-15-3-8-18(20)14(12-15)11-13-1-4-16(5-2-13)21-9-10-22-17-6-7-17/h1-5,8,12,17H,6-7,9-11H2. The normalized spacial score (nSPS) is 14.1. The summed E-state index contributed by atoms with van der Waals surface area (Å²) < 4.78 is 11.2. The number of rotatable bonds is 7. The molecule has 0 spiro atoms. The van der Waals surface area contributed by atoms with Gasteiger partial charge in [0.25, 0.3) is 0 Å². The Morgan fingerprint density at radius 2 is 1.73 bits per heavy atom. The van der Waals surface area contributed by atoms with E-state index in [1.165, 1.54) is 18.4 Å². The van der Waals surface area contributed by atoms with Gasteiger partial charge in [0.15, 0.2) is 0 Å². The summed E-state index contributed by atoms with van der Waals surface area (Å²) in [7, 11) is 0. The van der Waals surface area contributed by atoms with Crippen molar-refractivity contribution in [3.05, 3.63) is 63.6 Å². The van der Waals surface area contributed by atoms with E-state index in [0.29, 0.717) is 24.3 Å². The molecule has 0 atom stereocenters. The van der Waals surface area contributed by atoms with Gasteiger partial charge in [-0.2, -0.15) is 0 Å². The van der Waals surface area contributed by atoms with E-state index in [-0.39, 0.29) is 0 Å². The lowest BCUT2D eigenvalue weighted by Crippen LogP contribution is -2.07. The van der Waals surface area contributed by atoms with E-state index in [9.17, 15) is 0 Å². The predicted octanol–water partition coefficient (Wildman–Crippen LogP) is 5.14. The van der Waals surface area contributed by atoms with Crippen LogP contribution in [0.25, 0.3) is 0 Å². The molecule has 0 bridgehead atoms. The van der Waals surface area contributed by atoms with Crippen molar-refractivity contribution in [1.82, 2.24) is 0 Å². The van der Waals surface area contributed by atoms with Crippen LogP contribution in [0.4, 0.5) is 0 Å². The highest BCUT2D eigenvalue weighted by molar-refractivity contribution is 6.33. The van der Waals surface area contributed by atoms with Crippen LogP contribution in [0.5, 0.6) is 5.75 Å². The first-order chi connectivity index (χ1) is 10.7. The molecule has 1 aliphatic carbocycles. The van der Waals surface area contributed by atoms with Crippen molar-refractivity contribution in [3.63, 3.8) is 0 Å². The molecule has 1 saturated carbocycles. The van der Waals surface area contributed by atoms with Gasteiger partial charge in [0.05, 0.1) is 12.7 Å². The van der Waals surface area contributed by atoms with Crippen molar-refractivity contribution in [1.29, 1.82) is 0 Å². The zero-order valence-corrected chi connectivity index (χ0v) is 13.7. The molecule has 3 rings (SSSR count). The second-order valence-electron chi connectivity index (χ2n) is 5.48. The molecule has 0 aliphatic heterocycles. The third-order valence-corrected chi connectivity index (χ3v) is 4.16. The third kappa shape index (κ3) is 4.64. The minimum Gasteiger partial charge on any atom is -0.491 e. The first kappa shape index (κ1) is 15.7. The van der Waals surface area contributed by atoms with E-state index in [1.54, 1.807) is 6.07 Å². The van der Waals surface area contributed by atoms with Gasteiger partial charge in [0, 0.05) is 10.0 Å². The molecule has 0 N–H and O–H groups in total. The molecule has 0 aromatic heterocycles. The lowest BCUT2D eigenvalue weighted by molar-refractivity contribution is 0.0881. The van der Waals surface area contributed by atoms with Crippen molar-refractivity contribution in [2.45, 2.75) is 25.4 Å². The van der Waals surface area contributed by atoms with Crippen molar-refractivity contribution in [2.75, 3.05) is 13.2 Å². The van der Waals surface area contributed by atoms with Gasteiger partial charge in [-0.25, -0.2) is 0 Å². The summed E-state index contributed by atoms with van der Waals surface area (Å²) in [6.07, 6.45) is 3.62. The Labute approximate surface area is 141 Å². The summed E-state index contributed by atoms with van der Waals surface area (Å²) in [5.74, 6) is 0.861. The van der Waals surface area contributed by atoms with E-state index in [0.717, 1.165) is 22.8 Å². The van der Waals surface area contributed by atoms with Crippen molar-refractivity contribution >= 4 is 23.2 Å². The van der Waals surface area contributed by atoms with E-state index in [2.05, 4.69) is 0 Å². The minimum absolute atomic E-state index is 0.480. The second kappa shape index (κ2) is 7.36. The number of hydrogen-bond donors (Lipinski definition) is 0. The molecule has 1 aliphatic rings. The SMILES string of the molecule is Clc1ccc(Cl)c(Cc2ccc(OCCOC3CC3)cc2)c1. The molecule has 0 radical (unpaired) electrons. The Balaban J connectivity index is 1.53. The highest BCUT2D eigenvalue weighted by atomic mass is 35.5. The maximum Gasteiger partial charge on any atom is 0.119 e. The van der Waals surface area contributed by atoms with Gasteiger partial charge in [-0.3, -0.25) is 0 Å². The molecule has 22 heavy (non-hydrogen) atoms. The van der Waals surface area contributed by atoms with Gasteiger partial charge in [-0.15, -0.1) is 0 Å². The minimum atomic E-state index is 0.480. The molecule has 2 aromatic rings. The smallest absolute Gasteiger partial charge is 0.119 e. The van der Waals surface area contributed by atoms with Crippen LogP contribution in [0.3, 0.4) is 0 Å². The van der Waals surface area contributed by atoms with Gasteiger partial charge in [-0.1, -0.05) is 35.3 Å². The third-order valence-electron chi connectivity index (χ3n) is 3.56. The Morgan fingerprint density at radius 1 is 0.955 bits per heavy atom. The molecule has 1 fully saturated rings. The number of benzene rings is 2. The maximum atomic E-state index is 6.20. The van der Waals surface area contributed by atoms with Gasteiger partial charge < -0.3 is 9.47 Å². The van der Waals surface area contributed by atoms with Crippen molar-refractivity contribution in [2.24, 2.45) is 0 Å². The van der Waals surface area contributed by atoms with Gasteiger partial charge in [0.2, 0.25) is 0 Å².